The van der Waals surface area contributed by atoms with Crippen LogP contribution >= 0.6 is 11.3 Å². The summed E-state index contributed by atoms with van der Waals surface area (Å²) in [7, 11) is 0. The van der Waals surface area contributed by atoms with Gasteiger partial charge in [-0.1, -0.05) is 30.3 Å². The number of hydrogen-bond acceptors (Lipinski definition) is 2. The van der Waals surface area contributed by atoms with Gasteiger partial charge in [0.15, 0.2) is 4.80 Å². The highest BCUT2D eigenvalue weighted by atomic mass is 32.1. The summed E-state index contributed by atoms with van der Waals surface area (Å²) < 4.78 is 40.2. The molecule has 0 unspecified atom stereocenters. The molecule has 4 nitrogen and oxygen atoms in total. The number of carbonyl (C=O) groups is 1. The second-order valence-electron chi connectivity index (χ2n) is 7.14. The normalized spacial score (nSPS) is 12.4. The van der Waals surface area contributed by atoms with Crippen LogP contribution in [0.25, 0.3) is 5.69 Å². The summed E-state index contributed by atoms with van der Waals surface area (Å²) in [5.74, 6) is 0. The topological polar surface area (TPSA) is 37.6 Å². The number of alkyl halides is 3. The first-order valence-electron chi connectivity index (χ1n) is 9.41. The lowest BCUT2D eigenvalue weighted by atomic mass is 10.2. The molecule has 0 fully saturated rings. The molecule has 2 aromatic carbocycles. The van der Waals surface area contributed by atoms with Crippen LogP contribution in [0.4, 0.5) is 18.0 Å². The van der Waals surface area contributed by atoms with E-state index in [0.29, 0.717) is 17.0 Å². The maximum atomic E-state index is 12.9. The van der Waals surface area contributed by atoms with E-state index in [9.17, 15) is 18.0 Å². The highest BCUT2D eigenvalue weighted by Crippen LogP contribution is 2.29. The van der Waals surface area contributed by atoms with E-state index in [1.54, 1.807) is 15.7 Å². The Morgan fingerprint density at radius 3 is 2.30 bits per heavy atom. The molecule has 0 aliphatic carbocycles. The van der Waals surface area contributed by atoms with E-state index < -0.39 is 17.8 Å². The Bertz CT molecular complexity index is 1070. The van der Waals surface area contributed by atoms with Crippen molar-refractivity contribution in [3.8, 4) is 5.69 Å². The SMILES string of the molecule is Cc1cn(-c2ccc(C(F)(F)F)cc2)/c(=N/C(=O)N(Cc2ccccc2)C(C)C)s1. The molecule has 0 bridgehead atoms. The first-order valence-corrected chi connectivity index (χ1v) is 10.2. The number of aromatic nitrogens is 1. The van der Waals surface area contributed by atoms with Gasteiger partial charge in [0, 0.05) is 29.3 Å². The summed E-state index contributed by atoms with van der Waals surface area (Å²) in [4.78, 5) is 20.2. The summed E-state index contributed by atoms with van der Waals surface area (Å²) in [6, 6.07) is 14.0. The molecule has 2 amide bonds. The van der Waals surface area contributed by atoms with Crippen molar-refractivity contribution in [3.63, 3.8) is 0 Å². The van der Waals surface area contributed by atoms with Crippen molar-refractivity contribution in [2.45, 2.75) is 39.5 Å². The lowest BCUT2D eigenvalue weighted by molar-refractivity contribution is -0.137. The number of urea groups is 1. The summed E-state index contributed by atoms with van der Waals surface area (Å²) in [6.45, 7) is 6.12. The summed E-state index contributed by atoms with van der Waals surface area (Å²) in [5, 5.41) is 0. The predicted molar refractivity (Wildman–Crippen MR) is 111 cm³/mol. The van der Waals surface area contributed by atoms with E-state index in [0.717, 1.165) is 22.6 Å². The zero-order valence-corrected chi connectivity index (χ0v) is 17.7. The van der Waals surface area contributed by atoms with Gasteiger partial charge in [-0.15, -0.1) is 11.3 Å². The Kier molecular flexibility index (Phi) is 6.45. The fraction of sp³-hybridized carbons (Fsp3) is 0.273. The van der Waals surface area contributed by atoms with Crippen LogP contribution in [0.1, 0.15) is 29.9 Å². The van der Waals surface area contributed by atoms with Gasteiger partial charge in [-0.2, -0.15) is 18.2 Å². The molecule has 1 aromatic heterocycles. The molecule has 158 valence electrons. The smallest absolute Gasteiger partial charge is 0.316 e. The molecule has 0 N–H and O–H groups in total. The van der Waals surface area contributed by atoms with Crippen LogP contribution in [0.15, 0.2) is 65.8 Å². The number of aryl methyl sites for hydroxylation is 1. The van der Waals surface area contributed by atoms with Gasteiger partial charge in [0.2, 0.25) is 0 Å². The Labute approximate surface area is 176 Å². The number of carbonyl (C=O) groups excluding carboxylic acids is 1. The number of halogens is 3. The second-order valence-corrected chi connectivity index (χ2v) is 8.35. The fourth-order valence-electron chi connectivity index (χ4n) is 2.93. The van der Waals surface area contributed by atoms with Crippen LogP contribution in [0.3, 0.4) is 0 Å². The van der Waals surface area contributed by atoms with Crippen molar-refractivity contribution in [1.82, 2.24) is 9.47 Å². The van der Waals surface area contributed by atoms with Crippen molar-refractivity contribution >= 4 is 17.4 Å². The lowest BCUT2D eigenvalue weighted by Gasteiger charge is -2.24. The number of rotatable bonds is 4. The van der Waals surface area contributed by atoms with E-state index in [-0.39, 0.29) is 6.04 Å². The monoisotopic (exact) mass is 433 g/mol. The molecule has 0 saturated heterocycles. The summed E-state index contributed by atoms with van der Waals surface area (Å²) in [5.41, 5.74) is 0.785. The Hall–Kier alpha value is -2.87. The molecule has 30 heavy (non-hydrogen) atoms. The quantitative estimate of drug-likeness (QED) is 0.513. The van der Waals surface area contributed by atoms with E-state index in [1.165, 1.54) is 23.5 Å². The zero-order chi connectivity index (χ0) is 21.9. The van der Waals surface area contributed by atoms with Crippen molar-refractivity contribution in [2.75, 3.05) is 0 Å². The van der Waals surface area contributed by atoms with E-state index in [1.807, 2.05) is 51.1 Å². The Morgan fingerprint density at radius 1 is 1.10 bits per heavy atom. The zero-order valence-electron chi connectivity index (χ0n) is 16.8. The van der Waals surface area contributed by atoms with Gasteiger partial charge in [-0.05, 0) is 50.6 Å². The van der Waals surface area contributed by atoms with Gasteiger partial charge >= 0.3 is 12.2 Å². The minimum atomic E-state index is -4.40. The predicted octanol–water partition coefficient (Wildman–Crippen LogP) is 5.80. The first-order chi connectivity index (χ1) is 14.1. The molecule has 0 aliphatic heterocycles. The van der Waals surface area contributed by atoms with Gasteiger partial charge in [0.25, 0.3) is 0 Å². The van der Waals surface area contributed by atoms with Crippen molar-refractivity contribution in [3.05, 3.63) is 81.6 Å². The Balaban J connectivity index is 1.94. The van der Waals surface area contributed by atoms with Crippen molar-refractivity contribution in [1.29, 1.82) is 0 Å². The molecule has 0 saturated carbocycles. The first kappa shape index (κ1) is 21.8. The number of benzene rings is 2. The number of thiazole rings is 1. The fourth-order valence-corrected chi connectivity index (χ4v) is 3.75. The van der Waals surface area contributed by atoms with Crippen LogP contribution in [0.2, 0.25) is 0 Å². The molecule has 0 atom stereocenters. The average molecular weight is 433 g/mol. The van der Waals surface area contributed by atoms with Gasteiger partial charge in [-0.25, -0.2) is 4.79 Å². The molecular formula is C22H22F3N3OS. The van der Waals surface area contributed by atoms with Gasteiger partial charge in [-0.3, -0.25) is 4.57 Å². The number of nitrogens with zero attached hydrogens (tertiary/aromatic N) is 3. The molecule has 0 aliphatic rings. The van der Waals surface area contributed by atoms with Gasteiger partial charge in [0.1, 0.15) is 0 Å². The third kappa shape index (κ3) is 5.18. The average Bonchev–Trinajstić information content (AvgIpc) is 3.06. The molecule has 0 spiro atoms. The van der Waals surface area contributed by atoms with Crippen LogP contribution < -0.4 is 4.80 Å². The minimum absolute atomic E-state index is 0.0676. The Morgan fingerprint density at radius 2 is 1.73 bits per heavy atom. The maximum absolute atomic E-state index is 12.9. The second kappa shape index (κ2) is 8.87. The molecule has 8 heteroatoms. The standard InChI is InChI=1S/C22H22F3N3OS/c1-15(2)27(14-17-7-5-4-6-8-17)20(29)26-21-28(13-16(3)30-21)19-11-9-18(10-12-19)22(23,24)25/h4-13,15H,14H2,1-3H3/b26-21-. The third-order valence-corrected chi connectivity index (χ3v) is 5.40. The van der Waals surface area contributed by atoms with Crippen LogP contribution in [-0.2, 0) is 12.7 Å². The number of amides is 2. The molecule has 3 aromatic rings. The number of hydrogen-bond donors (Lipinski definition) is 0. The van der Waals surface area contributed by atoms with E-state index >= 15 is 0 Å². The summed E-state index contributed by atoms with van der Waals surface area (Å²) >= 11 is 1.31. The molecular weight excluding hydrogens is 411 g/mol. The largest absolute Gasteiger partial charge is 0.416 e. The van der Waals surface area contributed by atoms with E-state index in [2.05, 4.69) is 4.99 Å². The van der Waals surface area contributed by atoms with Crippen molar-refractivity contribution in [2.24, 2.45) is 4.99 Å². The van der Waals surface area contributed by atoms with Crippen molar-refractivity contribution < 1.29 is 18.0 Å². The maximum Gasteiger partial charge on any atom is 0.416 e. The van der Waals surface area contributed by atoms with E-state index in [4.69, 9.17) is 0 Å². The molecule has 3 rings (SSSR count). The van der Waals surface area contributed by atoms with Crippen LogP contribution in [-0.4, -0.2) is 21.5 Å². The van der Waals surface area contributed by atoms with Gasteiger partial charge < -0.3 is 4.90 Å². The highest BCUT2D eigenvalue weighted by Gasteiger charge is 2.30. The third-order valence-electron chi connectivity index (χ3n) is 4.50. The molecule has 1 heterocycles. The lowest BCUT2D eigenvalue weighted by Crippen LogP contribution is -2.35. The van der Waals surface area contributed by atoms with Crippen LogP contribution in [0, 0.1) is 6.92 Å². The minimum Gasteiger partial charge on any atom is -0.316 e. The summed E-state index contributed by atoms with van der Waals surface area (Å²) in [6.07, 6.45) is -2.64. The van der Waals surface area contributed by atoms with Gasteiger partial charge in [0.05, 0.1) is 5.56 Å². The molecule has 0 radical (unpaired) electrons. The highest BCUT2D eigenvalue weighted by molar-refractivity contribution is 7.09. The van der Waals surface area contributed by atoms with Crippen LogP contribution in [0.5, 0.6) is 0 Å².